The number of halogens is 6. The molecule has 7 nitrogen and oxygen atoms in total. The Balaban J connectivity index is 1.51. The number of ether oxygens (including phenoxy) is 1. The number of primary amides is 1. The van der Waals surface area contributed by atoms with Crippen molar-refractivity contribution in [2.75, 3.05) is 37.6 Å². The van der Waals surface area contributed by atoms with Gasteiger partial charge in [-0.1, -0.05) is 0 Å². The number of nitrogens with zero attached hydrogens (tertiary/aromatic N) is 2. The highest BCUT2D eigenvalue weighted by Crippen LogP contribution is 2.39. The lowest BCUT2D eigenvalue weighted by Gasteiger charge is -2.39. The minimum Gasteiger partial charge on any atom is -0.449 e. The van der Waals surface area contributed by atoms with E-state index in [1.165, 1.54) is 11.8 Å². The van der Waals surface area contributed by atoms with E-state index >= 15 is 0 Å². The first kappa shape index (κ1) is 30.7. The zero-order chi connectivity index (χ0) is 29.0. The van der Waals surface area contributed by atoms with E-state index in [0.717, 1.165) is 18.6 Å². The number of rotatable bonds is 9. The summed E-state index contributed by atoms with van der Waals surface area (Å²) in [6.45, 7) is 3.55. The van der Waals surface area contributed by atoms with Gasteiger partial charge in [0.25, 0.3) is 5.91 Å². The molecule has 1 heterocycles. The van der Waals surface area contributed by atoms with Gasteiger partial charge in [-0.2, -0.15) is 26.3 Å². The molecule has 1 aromatic carbocycles. The summed E-state index contributed by atoms with van der Waals surface area (Å²) in [4.78, 5) is 38.9. The highest BCUT2D eigenvalue weighted by atomic mass is 19.4. The average molecular weight is 566 g/mol. The molecule has 0 bridgehead atoms. The van der Waals surface area contributed by atoms with Crippen LogP contribution in [0.2, 0.25) is 0 Å². The molecule has 1 saturated carbocycles. The van der Waals surface area contributed by atoms with Gasteiger partial charge in [0.2, 0.25) is 0 Å². The van der Waals surface area contributed by atoms with Crippen molar-refractivity contribution >= 4 is 23.3 Å². The number of carbonyl (C=O) groups excluding carboxylic acids is 3. The molecule has 1 aliphatic heterocycles. The topological polar surface area (TPSA) is 92.9 Å². The Morgan fingerprint density at radius 1 is 0.923 bits per heavy atom. The molecule has 39 heavy (non-hydrogen) atoms. The first-order valence-electron chi connectivity index (χ1n) is 12.9. The van der Waals surface area contributed by atoms with Crippen LogP contribution in [0, 0.1) is 5.92 Å². The number of carbonyl (C=O) groups is 3. The summed E-state index contributed by atoms with van der Waals surface area (Å²) in [6, 6.07) is 1.64. The molecule has 2 fully saturated rings. The van der Waals surface area contributed by atoms with Crippen LogP contribution in [0.25, 0.3) is 0 Å². The number of Topliss-reactive ketones (excluding diaryl/α,β-unsaturated/α-hetero) is 1. The van der Waals surface area contributed by atoms with Crippen molar-refractivity contribution in [1.29, 1.82) is 0 Å². The minimum atomic E-state index is -4.89. The van der Waals surface area contributed by atoms with E-state index in [1.54, 1.807) is 0 Å². The predicted molar refractivity (Wildman–Crippen MR) is 130 cm³/mol. The monoisotopic (exact) mass is 565 g/mol. The number of ketones is 1. The number of esters is 1. The summed E-state index contributed by atoms with van der Waals surface area (Å²) in [5, 5.41) is 0. The van der Waals surface area contributed by atoms with Crippen LogP contribution in [0.1, 0.15) is 63.0 Å². The van der Waals surface area contributed by atoms with Gasteiger partial charge in [-0.3, -0.25) is 14.5 Å². The van der Waals surface area contributed by atoms with Crippen LogP contribution in [0.3, 0.4) is 0 Å². The Morgan fingerprint density at radius 3 is 1.92 bits per heavy atom. The fourth-order valence-electron chi connectivity index (χ4n) is 5.09. The average Bonchev–Trinajstić information content (AvgIpc) is 2.86. The zero-order valence-corrected chi connectivity index (χ0v) is 21.7. The first-order chi connectivity index (χ1) is 18.1. The third-order valence-electron chi connectivity index (χ3n) is 7.52. The molecule has 1 saturated heterocycles. The van der Waals surface area contributed by atoms with Crippen molar-refractivity contribution in [1.82, 2.24) is 4.90 Å². The van der Waals surface area contributed by atoms with E-state index in [1.807, 2.05) is 0 Å². The van der Waals surface area contributed by atoms with E-state index in [2.05, 4.69) is 4.90 Å². The second-order valence-electron chi connectivity index (χ2n) is 10.4. The van der Waals surface area contributed by atoms with Gasteiger partial charge in [-0.15, -0.1) is 0 Å². The number of anilines is 1. The lowest BCUT2D eigenvalue weighted by Crippen LogP contribution is -2.50. The molecule has 2 N–H and O–H groups in total. The molecule has 2 aliphatic rings. The summed E-state index contributed by atoms with van der Waals surface area (Å²) in [6.07, 6.45) is -7.32. The molecule has 3 rings (SSSR count). The van der Waals surface area contributed by atoms with Gasteiger partial charge in [0.05, 0.1) is 17.5 Å². The predicted octanol–water partition coefficient (Wildman–Crippen LogP) is 4.56. The van der Waals surface area contributed by atoms with Crippen LogP contribution in [-0.2, 0) is 31.5 Å². The van der Waals surface area contributed by atoms with Crippen molar-refractivity contribution in [2.24, 2.45) is 11.7 Å². The van der Waals surface area contributed by atoms with Gasteiger partial charge in [0, 0.05) is 38.3 Å². The Morgan fingerprint density at radius 2 is 1.46 bits per heavy atom. The summed E-state index contributed by atoms with van der Waals surface area (Å²) < 4.78 is 84.6. The smallest absolute Gasteiger partial charge is 0.416 e. The van der Waals surface area contributed by atoms with Crippen molar-refractivity contribution in [2.45, 2.75) is 69.8 Å². The van der Waals surface area contributed by atoms with Crippen LogP contribution < -0.4 is 10.6 Å². The fourth-order valence-corrected chi connectivity index (χ4v) is 5.09. The van der Waals surface area contributed by atoms with E-state index in [4.69, 9.17) is 10.5 Å². The standard InChI is InChI=1S/C26H33F6N3O4/c1-17(36)2-3-22(37)39-24(23(33)38)7-4-18(5-8-24)6-9-34-10-12-35(13-11-34)21-15-19(25(27,28)29)14-20(16-21)26(30,31)32/h14-16,18H,2-13H2,1H3,(H2,33,38). The quantitative estimate of drug-likeness (QED) is 0.349. The van der Waals surface area contributed by atoms with Crippen LogP contribution in [0.15, 0.2) is 18.2 Å². The van der Waals surface area contributed by atoms with Gasteiger partial charge in [0.15, 0.2) is 5.60 Å². The molecular formula is C26H33F6N3O4. The third kappa shape index (κ3) is 8.33. The van der Waals surface area contributed by atoms with Crippen LogP contribution >= 0.6 is 0 Å². The van der Waals surface area contributed by atoms with E-state index in [9.17, 15) is 40.7 Å². The van der Waals surface area contributed by atoms with E-state index in [-0.39, 0.29) is 62.2 Å². The minimum absolute atomic E-state index is 0.0286. The van der Waals surface area contributed by atoms with Crippen molar-refractivity contribution in [3.63, 3.8) is 0 Å². The summed E-state index contributed by atoms with van der Waals surface area (Å²) in [5.41, 5.74) is 1.40. The molecule has 1 amide bonds. The Kier molecular flexibility index (Phi) is 9.56. The molecule has 0 spiro atoms. The summed E-state index contributed by atoms with van der Waals surface area (Å²) >= 11 is 0. The Hall–Kier alpha value is -2.83. The third-order valence-corrected chi connectivity index (χ3v) is 7.52. The number of benzene rings is 1. The van der Waals surface area contributed by atoms with Crippen LogP contribution in [-0.4, -0.2) is 60.9 Å². The number of hydrogen-bond donors (Lipinski definition) is 1. The lowest BCUT2D eigenvalue weighted by atomic mass is 9.77. The number of alkyl halides is 6. The number of hydrogen-bond acceptors (Lipinski definition) is 6. The molecule has 0 aromatic heterocycles. The maximum atomic E-state index is 13.2. The molecular weight excluding hydrogens is 532 g/mol. The maximum Gasteiger partial charge on any atom is 0.416 e. The molecule has 0 unspecified atom stereocenters. The van der Waals surface area contributed by atoms with Gasteiger partial charge in [0.1, 0.15) is 5.78 Å². The Labute approximate surface area is 222 Å². The number of amides is 1. The number of nitrogens with two attached hydrogens (primary N) is 1. The number of piperazine rings is 1. The molecule has 0 radical (unpaired) electrons. The largest absolute Gasteiger partial charge is 0.449 e. The zero-order valence-electron chi connectivity index (χ0n) is 21.7. The van der Waals surface area contributed by atoms with Crippen molar-refractivity contribution < 1.29 is 45.5 Å². The molecule has 1 aliphatic carbocycles. The Bertz CT molecular complexity index is 1010. The molecule has 218 valence electrons. The van der Waals surface area contributed by atoms with E-state index < -0.39 is 41.0 Å². The van der Waals surface area contributed by atoms with Crippen molar-refractivity contribution in [3.8, 4) is 0 Å². The van der Waals surface area contributed by atoms with Gasteiger partial charge in [-0.05, 0) is 69.7 Å². The van der Waals surface area contributed by atoms with Crippen molar-refractivity contribution in [3.05, 3.63) is 29.3 Å². The van der Waals surface area contributed by atoms with Crippen LogP contribution in [0.4, 0.5) is 32.0 Å². The fraction of sp³-hybridized carbons (Fsp3) is 0.654. The van der Waals surface area contributed by atoms with E-state index in [0.29, 0.717) is 32.5 Å². The normalized spacial score (nSPS) is 22.9. The van der Waals surface area contributed by atoms with Gasteiger partial charge >= 0.3 is 18.3 Å². The molecule has 0 atom stereocenters. The van der Waals surface area contributed by atoms with Gasteiger partial charge < -0.3 is 20.2 Å². The molecule has 13 heteroatoms. The second kappa shape index (κ2) is 12.1. The molecule has 1 aromatic rings. The SMILES string of the molecule is CC(=O)CCC(=O)OC1(C(N)=O)CCC(CCN2CCN(c3cc(C(F)(F)F)cc(C(F)(F)F)c3)CC2)CC1. The van der Waals surface area contributed by atoms with Gasteiger partial charge in [-0.25, -0.2) is 0 Å². The van der Waals surface area contributed by atoms with Crippen LogP contribution in [0.5, 0.6) is 0 Å². The lowest BCUT2D eigenvalue weighted by molar-refractivity contribution is -0.172. The summed E-state index contributed by atoms with van der Waals surface area (Å²) in [5.74, 6) is -1.27. The maximum absolute atomic E-state index is 13.2. The first-order valence-corrected chi connectivity index (χ1v) is 12.9. The highest BCUT2D eigenvalue weighted by Gasteiger charge is 2.44. The summed E-state index contributed by atoms with van der Waals surface area (Å²) in [7, 11) is 0. The second-order valence-corrected chi connectivity index (χ2v) is 10.4. The highest BCUT2D eigenvalue weighted by molar-refractivity contribution is 5.87.